The zero-order valence-corrected chi connectivity index (χ0v) is 43.8. The number of rotatable bonds is 45. The van der Waals surface area contributed by atoms with Gasteiger partial charge in [0.2, 0.25) is 5.91 Å². The van der Waals surface area contributed by atoms with Gasteiger partial charge in [0, 0.05) is 0 Å². The van der Waals surface area contributed by atoms with E-state index in [1.807, 2.05) is 0 Å². The first-order valence-electron chi connectivity index (χ1n) is 28.5. The standard InChI is InChI=1S/C54H105NO15/c1-3-5-7-9-11-13-15-17-18-19-20-21-22-24-26-28-30-32-34-36-42(59)52(66)55-40(45(60)41(58)35-33-31-29-27-25-23-16-14-12-10-8-6-4-2)39-67-54-51(49(64)47(62)44(38-57)69-54)70-53-50(65)48(63)46(61)43(37-56)68-53/h40-51,53-54,56-65H,3-39H2,1-2H3,(H,55,66). The normalized spacial score (nSPS) is 26.8. The Kier molecular flexibility index (Phi) is 38.3. The van der Waals surface area contributed by atoms with E-state index in [-0.39, 0.29) is 12.8 Å². The van der Waals surface area contributed by atoms with Crippen LogP contribution in [0.5, 0.6) is 0 Å². The Morgan fingerprint density at radius 2 is 0.829 bits per heavy atom. The van der Waals surface area contributed by atoms with Crippen LogP contribution in [0.25, 0.3) is 0 Å². The van der Waals surface area contributed by atoms with Gasteiger partial charge in [-0.15, -0.1) is 0 Å². The SMILES string of the molecule is CCCCCCCCCCCCCCCCCCCCCC(O)C(=O)NC(COC1OC(CO)C(O)C(O)C1OC1OC(CO)C(O)C(O)C1O)C(O)C(O)CCCCCCCCCCCCCCC. The molecule has 2 fully saturated rings. The lowest BCUT2D eigenvalue weighted by Crippen LogP contribution is -2.65. The van der Waals surface area contributed by atoms with Crippen molar-refractivity contribution in [3.05, 3.63) is 0 Å². The molecule has 0 aromatic carbocycles. The fourth-order valence-electron chi connectivity index (χ4n) is 9.73. The third-order valence-electron chi connectivity index (χ3n) is 14.5. The first-order valence-corrected chi connectivity index (χ1v) is 28.5. The monoisotopic (exact) mass is 1010 g/mol. The Labute approximate surface area is 422 Å². The number of amides is 1. The molecule has 0 aromatic rings. The van der Waals surface area contributed by atoms with Crippen LogP contribution >= 0.6 is 0 Å². The number of ether oxygens (including phenoxy) is 4. The summed E-state index contributed by atoms with van der Waals surface area (Å²) in [4.78, 5) is 13.4. The third-order valence-corrected chi connectivity index (χ3v) is 14.5. The maximum Gasteiger partial charge on any atom is 0.249 e. The highest BCUT2D eigenvalue weighted by atomic mass is 16.8. The highest BCUT2D eigenvalue weighted by Gasteiger charge is 2.51. The summed E-state index contributed by atoms with van der Waals surface area (Å²) >= 11 is 0. The van der Waals surface area contributed by atoms with E-state index in [1.54, 1.807) is 0 Å². The molecule has 0 bridgehead atoms. The number of aliphatic hydroxyl groups is 10. The second-order valence-corrected chi connectivity index (χ2v) is 20.7. The maximum absolute atomic E-state index is 13.4. The average Bonchev–Trinajstić information content (AvgIpc) is 3.36. The lowest BCUT2D eigenvalue weighted by atomic mass is 9.97. The molecule has 14 atom stereocenters. The van der Waals surface area contributed by atoms with Crippen molar-refractivity contribution in [2.45, 2.75) is 318 Å². The van der Waals surface area contributed by atoms with Gasteiger partial charge in [0.05, 0.1) is 32.0 Å². The molecule has 2 saturated heterocycles. The lowest BCUT2D eigenvalue weighted by Gasteiger charge is -2.46. The Morgan fingerprint density at radius 3 is 1.23 bits per heavy atom. The summed E-state index contributed by atoms with van der Waals surface area (Å²) in [5, 5.41) is 109. The fourth-order valence-corrected chi connectivity index (χ4v) is 9.73. The number of hydrogen-bond donors (Lipinski definition) is 11. The molecule has 14 unspecified atom stereocenters. The van der Waals surface area contributed by atoms with Gasteiger partial charge in [-0.05, 0) is 12.8 Å². The van der Waals surface area contributed by atoms with E-state index in [0.29, 0.717) is 12.8 Å². The summed E-state index contributed by atoms with van der Waals surface area (Å²) in [6.45, 7) is 2.42. The van der Waals surface area contributed by atoms with Gasteiger partial charge in [-0.2, -0.15) is 0 Å². The minimum absolute atomic E-state index is 0.193. The molecule has 1 amide bonds. The quantitative estimate of drug-likeness (QED) is 0.0291. The average molecular weight is 1010 g/mol. The molecule has 2 heterocycles. The number of nitrogens with one attached hydrogen (secondary N) is 1. The molecule has 2 aliphatic heterocycles. The molecule has 0 aromatic heterocycles. The molecule has 0 radical (unpaired) electrons. The summed E-state index contributed by atoms with van der Waals surface area (Å²) in [5.41, 5.74) is 0. The minimum atomic E-state index is -1.87. The highest BCUT2D eigenvalue weighted by molar-refractivity contribution is 5.80. The van der Waals surface area contributed by atoms with Gasteiger partial charge in [0.1, 0.15) is 61.0 Å². The highest BCUT2D eigenvalue weighted by Crippen LogP contribution is 2.30. The second-order valence-electron chi connectivity index (χ2n) is 20.7. The third kappa shape index (κ3) is 26.9. The molecular formula is C54H105NO15. The molecule has 70 heavy (non-hydrogen) atoms. The number of hydrogen-bond acceptors (Lipinski definition) is 15. The van der Waals surface area contributed by atoms with E-state index >= 15 is 0 Å². The topological polar surface area (TPSA) is 268 Å². The van der Waals surface area contributed by atoms with Gasteiger partial charge in [-0.25, -0.2) is 0 Å². The van der Waals surface area contributed by atoms with E-state index in [2.05, 4.69) is 19.2 Å². The summed E-state index contributed by atoms with van der Waals surface area (Å²) in [7, 11) is 0. The van der Waals surface area contributed by atoms with Gasteiger partial charge in [-0.3, -0.25) is 4.79 Å². The van der Waals surface area contributed by atoms with Gasteiger partial charge in [0.25, 0.3) is 0 Å². The zero-order valence-electron chi connectivity index (χ0n) is 43.8. The van der Waals surface area contributed by atoms with Crippen LogP contribution in [0.1, 0.15) is 232 Å². The Balaban J connectivity index is 1.90. The number of unbranched alkanes of at least 4 members (excludes halogenated alkanes) is 30. The summed E-state index contributed by atoms with van der Waals surface area (Å²) < 4.78 is 22.9. The molecule has 416 valence electrons. The van der Waals surface area contributed by atoms with E-state index in [0.717, 1.165) is 51.4 Å². The van der Waals surface area contributed by atoms with Crippen molar-refractivity contribution in [2.24, 2.45) is 0 Å². The first-order chi connectivity index (χ1) is 33.9. The van der Waals surface area contributed by atoms with Crippen LogP contribution in [-0.4, -0.2) is 163 Å². The first kappa shape index (κ1) is 65.0. The van der Waals surface area contributed by atoms with Gasteiger partial charge < -0.3 is 75.3 Å². The largest absolute Gasteiger partial charge is 0.394 e. The fraction of sp³-hybridized carbons (Fsp3) is 0.981. The summed E-state index contributed by atoms with van der Waals surface area (Å²) in [6.07, 6.45) is 17.7. The molecule has 0 spiro atoms. The smallest absolute Gasteiger partial charge is 0.249 e. The van der Waals surface area contributed by atoms with Crippen LogP contribution in [0.4, 0.5) is 0 Å². The molecular weight excluding hydrogens is 903 g/mol. The molecule has 16 nitrogen and oxygen atoms in total. The number of aliphatic hydroxyl groups excluding tert-OH is 10. The minimum Gasteiger partial charge on any atom is -0.394 e. The summed E-state index contributed by atoms with van der Waals surface area (Å²) in [6, 6.07) is -1.31. The van der Waals surface area contributed by atoms with Crippen molar-refractivity contribution in [1.82, 2.24) is 5.32 Å². The lowest BCUT2D eigenvalue weighted by molar-refractivity contribution is -0.368. The van der Waals surface area contributed by atoms with Crippen molar-refractivity contribution in [2.75, 3.05) is 19.8 Å². The van der Waals surface area contributed by atoms with Crippen LogP contribution in [0, 0.1) is 0 Å². The Bertz CT molecular complexity index is 1220. The second kappa shape index (κ2) is 41.2. The molecule has 2 rings (SSSR count). The van der Waals surface area contributed by atoms with Crippen LogP contribution in [0.15, 0.2) is 0 Å². The van der Waals surface area contributed by atoms with E-state index < -0.39 is 111 Å². The van der Waals surface area contributed by atoms with Crippen molar-refractivity contribution in [3.8, 4) is 0 Å². The van der Waals surface area contributed by atoms with E-state index in [4.69, 9.17) is 18.9 Å². The molecule has 11 N–H and O–H groups in total. The zero-order chi connectivity index (χ0) is 51.4. The van der Waals surface area contributed by atoms with Crippen molar-refractivity contribution in [3.63, 3.8) is 0 Å². The Morgan fingerprint density at radius 1 is 0.471 bits per heavy atom. The van der Waals surface area contributed by atoms with Crippen molar-refractivity contribution < 1.29 is 74.8 Å². The van der Waals surface area contributed by atoms with Gasteiger partial charge in [-0.1, -0.05) is 219 Å². The van der Waals surface area contributed by atoms with Crippen molar-refractivity contribution >= 4 is 5.91 Å². The van der Waals surface area contributed by atoms with Crippen LogP contribution in [-0.2, 0) is 23.7 Å². The summed E-state index contributed by atoms with van der Waals surface area (Å²) in [5.74, 6) is -0.773. The van der Waals surface area contributed by atoms with Crippen molar-refractivity contribution in [1.29, 1.82) is 0 Å². The van der Waals surface area contributed by atoms with E-state index in [1.165, 1.54) is 141 Å². The Hall–Kier alpha value is -1.09. The van der Waals surface area contributed by atoms with Gasteiger partial charge in [0.15, 0.2) is 12.6 Å². The van der Waals surface area contributed by atoms with Gasteiger partial charge >= 0.3 is 0 Å². The van der Waals surface area contributed by atoms with Crippen LogP contribution < -0.4 is 5.32 Å². The molecule has 0 saturated carbocycles. The predicted molar refractivity (Wildman–Crippen MR) is 271 cm³/mol. The van der Waals surface area contributed by atoms with E-state index in [9.17, 15) is 55.9 Å². The molecule has 0 aliphatic carbocycles. The van der Waals surface area contributed by atoms with Crippen LogP contribution in [0.2, 0.25) is 0 Å². The maximum atomic E-state index is 13.4. The predicted octanol–water partition coefficient (Wildman–Crippen LogP) is 6.50. The molecule has 2 aliphatic rings. The number of carbonyl (C=O) groups excluding carboxylic acids is 1. The van der Waals surface area contributed by atoms with Crippen LogP contribution in [0.3, 0.4) is 0 Å². The number of carbonyl (C=O) groups is 1. The molecule has 16 heteroatoms.